The summed E-state index contributed by atoms with van der Waals surface area (Å²) in [6.45, 7) is 2.99. The van der Waals surface area contributed by atoms with Crippen molar-refractivity contribution in [1.82, 2.24) is 10.6 Å². The Hall–Kier alpha value is -2.25. The van der Waals surface area contributed by atoms with E-state index in [0.29, 0.717) is 35.4 Å². The van der Waals surface area contributed by atoms with Crippen molar-refractivity contribution in [2.75, 3.05) is 25.9 Å². The number of halogens is 1. The van der Waals surface area contributed by atoms with Gasteiger partial charge in [0.05, 0.1) is 17.2 Å². The first-order chi connectivity index (χ1) is 13.4. The van der Waals surface area contributed by atoms with Crippen LogP contribution in [0.4, 0.5) is 0 Å². The maximum atomic E-state index is 12.3. The van der Waals surface area contributed by atoms with E-state index < -0.39 is 9.84 Å². The summed E-state index contributed by atoms with van der Waals surface area (Å²) in [5.41, 5.74) is 0. The van der Waals surface area contributed by atoms with Crippen LogP contribution in [-0.2, 0) is 9.84 Å². The van der Waals surface area contributed by atoms with Crippen LogP contribution in [-0.4, -0.2) is 46.4 Å². The zero-order chi connectivity index (χ0) is 20.4. The summed E-state index contributed by atoms with van der Waals surface area (Å²) in [6, 6.07) is 15.7. The lowest BCUT2D eigenvalue weighted by Crippen LogP contribution is -2.42. The lowest BCUT2D eigenvalue weighted by atomic mass is 10.3. The topological polar surface area (TPSA) is 79.8 Å². The van der Waals surface area contributed by atoms with Gasteiger partial charge in [0, 0.05) is 18.6 Å². The molecule has 2 rings (SSSR count). The molecule has 8 heteroatoms. The van der Waals surface area contributed by atoms with Crippen LogP contribution in [0, 0.1) is 0 Å². The first kappa shape index (κ1) is 22.0. The Morgan fingerprint density at radius 2 is 1.79 bits per heavy atom. The number of hydrogen-bond donors (Lipinski definition) is 2. The maximum absolute atomic E-state index is 12.3. The van der Waals surface area contributed by atoms with Crippen molar-refractivity contribution >= 4 is 27.4 Å². The van der Waals surface area contributed by atoms with Crippen molar-refractivity contribution in [2.24, 2.45) is 4.99 Å². The quantitative estimate of drug-likeness (QED) is 0.368. The van der Waals surface area contributed by atoms with Crippen LogP contribution in [0.5, 0.6) is 5.75 Å². The number of aliphatic imine (C=N–C) groups is 1. The molecule has 0 aromatic heterocycles. The van der Waals surface area contributed by atoms with E-state index in [2.05, 4.69) is 15.6 Å². The van der Waals surface area contributed by atoms with Gasteiger partial charge in [0.25, 0.3) is 0 Å². The average molecular weight is 424 g/mol. The van der Waals surface area contributed by atoms with E-state index >= 15 is 0 Å². The molecule has 2 aromatic carbocycles. The monoisotopic (exact) mass is 423 g/mol. The predicted octanol–water partition coefficient (Wildman–Crippen LogP) is 3.14. The molecule has 0 bridgehead atoms. The number of hydrogen-bond acceptors (Lipinski definition) is 4. The van der Waals surface area contributed by atoms with Gasteiger partial charge in [-0.05, 0) is 49.7 Å². The Bertz CT molecular complexity index is 856. The molecule has 6 nitrogen and oxygen atoms in total. The standard InChI is InChI=1S/C20H26ClN3O3S/c1-16(27-18-11-9-17(21)10-12-18)15-24-20(22-2)23-13-6-14-28(25,26)19-7-4-3-5-8-19/h3-5,7-12,16H,6,13-15H2,1-2H3,(H2,22,23,24). The van der Waals surface area contributed by atoms with Gasteiger partial charge in [0.15, 0.2) is 15.8 Å². The molecule has 0 saturated heterocycles. The number of guanidine groups is 1. The van der Waals surface area contributed by atoms with Gasteiger partial charge < -0.3 is 15.4 Å². The molecule has 0 aliphatic carbocycles. The zero-order valence-corrected chi connectivity index (χ0v) is 17.6. The summed E-state index contributed by atoms with van der Waals surface area (Å²) in [5.74, 6) is 1.42. The molecule has 0 aliphatic rings. The molecule has 1 unspecified atom stereocenters. The first-order valence-corrected chi connectivity index (χ1v) is 11.1. The molecular weight excluding hydrogens is 398 g/mol. The minimum atomic E-state index is -3.26. The fourth-order valence-electron chi connectivity index (χ4n) is 2.46. The fraction of sp³-hybridized carbons (Fsp3) is 0.350. The van der Waals surface area contributed by atoms with E-state index in [4.69, 9.17) is 16.3 Å². The zero-order valence-electron chi connectivity index (χ0n) is 16.1. The van der Waals surface area contributed by atoms with Crippen molar-refractivity contribution in [2.45, 2.75) is 24.3 Å². The highest BCUT2D eigenvalue weighted by atomic mass is 35.5. The minimum absolute atomic E-state index is 0.0804. The van der Waals surface area contributed by atoms with Crippen LogP contribution in [0.2, 0.25) is 5.02 Å². The third kappa shape index (κ3) is 7.40. The molecule has 28 heavy (non-hydrogen) atoms. The second-order valence-corrected chi connectivity index (χ2v) is 8.79. The van der Waals surface area contributed by atoms with Crippen LogP contribution >= 0.6 is 11.6 Å². The third-order valence-corrected chi connectivity index (χ3v) is 5.98. The largest absolute Gasteiger partial charge is 0.489 e. The Kier molecular flexibility index (Phi) is 8.60. The van der Waals surface area contributed by atoms with Crippen molar-refractivity contribution in [3.8, 4) is 5.75 Å². The molecule has 0 amide bonds. The van der Waals surface area contributed by atoms with Crippen LogP contribution in [0.25, 0.3) is 0 Å². The van der Waals surface area contributed by atoms with Gasteiger partial charge in [-0.1, -0.05) is 29.8 Å². The Labute approximate surface area is 171 Å². The molecule has 0 saturated carbocycles. The lowest BCUT2D eigenvalue weighted by Gasteiger charge is -2.17. The molecule has 0 spiro atoms. The van der Waals surface area contributed by atoms with Crippen molar-refractivity contribution < 1.29 is 13.2 Å². The lowest BCUT2D eigenvalue weighted by molar-refractivity contribution is 0.224. The smallest absolute Gasteiger partial charge is 0.191 e. The van der Waals surface area contributed by atoms with Crippen molar-refractivity contribution in [1.29, 1.82) is 0 Å². The summed E-state index contributed by atoms with van der Waals surface area (Å²) in [4.78, 5) is 4.50. The van der Waals surface area contributed by atoms with E-state index in [1.54, 1.807) is 49.5 Å². The van der Waals surface area contributed by atoms with Gasteiger partial charge in [0.1, 0.15) is 11.9 Å². The number of nitrogens with one attached hydrogen (secondary N) is 2. The van der Waals surface area contributed by atoms with Gasteiger partial charge in [-0.15, -0.1) is 0 Å². The van der Waals surface area contributed by atoms with E-state index in [0.717, 1.165) is 5.75 Å². The highest BCUT2D eigenvalue weighted by molar-refractivity contribution is 7.91. The second kappa shape index (κ2) is 10.9. The summed E-state index contributed by atoms with van der Waals surface area (Å²) >= 11 is 5.86. The molecule has 0 fully saturated rings. The number of benzene rings is 2. The molecule has 2 N–H and O–H groups in total. The van der Waals surface area contributed by atoms with E-state index in [9.17, 15) is 8.42 Å². The Balaban J connectivity index is 1.70. The van der Waals surface area contributed by atoms with Gasteiger partial charge in [0.2, 0.25) is 0 Å². The third-order valence-electron chi connectivity index (χ3n) is 3.92. The number of rotatable bonds is 9. The second-order valence-electron chi connectivity index (χ2n) is 6.25. The van der Waals surface area contributed by atoms with Crippen molar-refractivity contribution in [3.05, 3.63) is 59.6 Å². The van der Waals surface area contributed by atoms with Crippen LogP contribution < -0.4 is 15.4 Å². The summed E-state index contributed by atoms with van der Waals surface area (Å²) in [5, 5.41) is 6.95. The molecule has 0 heterocycles. The van der Waals surface area contributed by atoms with E-state index in [1.807, 2.05) is 19.1 Å². The fourth-order valence-corrected chi connectivity index (χ4v) is 3.92. The first-order valence-electron chi connectivity index (χ1n) is 9.05. The van der Waals surface area contributed by atoms with Crippen LogP contribution in [0.1, 0.15) is 13.3 Å². The van der Waals surface area contributed by atoms with Gasteiger partial charge >= 0.3 is 0 Å². The molecule has 1 atom stereocenters. The maximum Gasteiger partial charge on any atom is 0.191 e. The van der Waals surface area contributed by atoms with Gasteiger partial charge in [-0.3, -0.25) is 4.99 Å². The minimum Gasteiger partial charge on any atom is -0.489 e. The normalized spacial score (nSPS) is 13.0. The highest BCUT2D eigenvalue weighted by Gasteiger charge is 2.13. The SMILES string of the molecule is CN=C(NCCCS(=O)(=O)c1ccccc1)NCC(C)Oc1ccc(Cl)cc1. The molecule has 0 radical (unpaired) electrons. The molecule has 2 aromatic rings. The van der Waals surface area contributed by atoms with Gasteiger partial charge in [-0.2, -0.15) is 0 Å². The summed E-state index contributed by atoms with van der Waals surface area (Å²) < 4.78 is 30.3. The predicted molar refractivity (Wildman–Crippen MR) is 114 cm³/mol. The van der Waals surface area contributed by atoms with E-state index in [-0.39, 0.29) is 11.9 Å². The summed E-state index contributed by atoms with van der Waals surface area (Å²) in [6.07, 6.45) is 0.396. The molecule has 0 aliphatic heterocycles. The number of ether oxygens (including phenoxy) is 1. The highest BCUT2D eigenvalue weighted by Crippen LogP contribution is 2.16. The van der Waals surface area contributed by atoms with Crippen LogP contribution in [0.15, 0.2) is 64.5 Å². The van der Waals surface area contributed by atoms with Crippen molar-refractivity contribution in [3.63, 3.8) is 0 Å². The summed E-state index contributed by atoms with van der Waals surface area (Å²) in [7, 11) is -1.59. The Morgan fingerprint density at radius 1 is 1.11 bits per heavy atom. The number of nitrogens with zero attached hydrogens (tertiary/aromatic N) is 1. The average Bonchev–Trinajstić information content (AvgIpc) is 2.70. The molecular formula is C20H26ClN3O3S. The van der Waals surface area contributed by atoms with Gasteiger partial charge in [-0.25, -0.2) is 8.42 Å². The van der Waals surface area contributed by atoms with Crippen LogP contribution in [0.3, 0.4) is 0 Å². The number of sulfone groups is 1. The van der Waals surface area contributed by atoms with E-state index in [1.165, 1.54) is 0 Å². The molecule has 152 valence electrons. The Morgan fingerprint density at radius 3 is 2.43 bits per heavy atom.